The fourth-order valence-electron chi connectivity index (χ4n) is 1.62. The van der Waals surface area contributed by atoms with Crippen molar-refractivity contribution in [1.82, 2.24) is 4.98 Å². The molecule has 5 N–H and O–H groups in total. The second kappa shape index (κ2) is 5.71. The number of hydrogen-bond donors (Lipinski definition) is 3. The predicted molar refractivity (Wildman–Crippen MR) is 78.6 cm³/mol. The van der Waals surface area contributed by atoms with Gasteiger partial charge in [0.25, 0.3) is 5.91 Å². The van der Waals surface area contributed by atoms with E-state index in [0.717, 1.165) is 10.0 Å². The Kier molecular flexibility index (Phi) is 4.01. The molecule has 1 heterocycles. The zero-order valence-electron chi connectivity index (χ0n) is 10.1. The van der Waals surface area contributed by atoms with Crippen LogP contribution in [-0.2, 0) is 6.54 Å². The van der Waals surface area contributed by atoms with E-state index in [9.17, 15) is 4.79 Å². The van der Waals surface area contributed by atoms with Crippen molar-refractivity contribution in [3.63, 3.8) is 0 Å². The van der Waals surface area contributed by atoms with Gasteiger partial charge < -0.3 is 16.8 Å². The van der Waals surface area contributed by atoms with Gasteiger partial charge >= 0.3 is 0 Å². The maximum absolute atomic E-state index is 11.2. The summed E-state index contributed by atoms with van der Waals surface area (Å²) >= 11 is 3.41. The van der Waals surface area contributed by atoms with E-state index in [0.29, 0.717) is 12.4 Å². The van der Waals surface area contributed by atoms with E-state index in [1.165, 1.54) is 6.20 Å². The lowest BCUT2D eigenvalue weighted by atomic mass is 10.2. The maximum atomic E-state index is 11.2. The zero-order chi connectivity index (χ0) is 13.8. The molecule has 19 heavy (non-hydrogen) atoms. The van der Waals surface area contributed by atoms with Crippen LogP contribution in [0.2, 0.25) is 0 Å². The summed E-state index contributed by atoms with van der Waals surface area (Å²) in [6.45, 7) is 0.592. The number of pyridine rings is 1. The minimum atomic E-state index is -0.564. The summed E-state index contributed by atoms with van der Waals surface area (Å²) in [5, 5.41) is 3.12. The maximum Gasteiger partial charge on any atom is 0.250 e. The Morgan fingerprint density at radius 3 is 2.84 bits per heavy atom. The van der Waals surface area contributed by atoms with E-state index in [-0.39, 0.29) is 11.3 Å². The van der Waals surface area contributed by atoms with Crippen molar-refractivity contribution in [2.75, 3.05) is 11.1 Å². The highest BCUT2D eigenvalue weighted by Gasteiger charge is 2.07. The van der Waals surface area contributed by atoms with Crippen molar-refractivity contribution in [2.24, 2.45) is 5.73 Å². The van der Waals surface area contributed by atoms with Gasteiger partial charge in [-0.3, -0.25) is 4.79 Å². The number of aromatic nitrogens is 1. The van der Waals surface area contributed by atoms with Crippen molar-refractivity contribution in [2.45, 2.75) is 6.54 Å². The van der Waals surface area contributed by atoms with Crippen molar-refractivity contribution in [1.29, 1.82) is 0 Å². The first-order chi connectivity index (χ1) is 9.06. The number of rotatable bonds is 4. The molecule has 0 saturated carbocycles. The number of amides is 1. The van der Waals surface area contributed by atoms with Crippen LogP contribution in [0.25, 0.3) is 0 Å². The highest BCUT2D eigenvalue weighted by atomic mass is 79.9. The molecule has 0 unspecified atom stereocenters. The van der Waals surface area contributed by atoms with Crippen LogP contribution in [0.1, 0.15) is 15.9 Å². The highest BCUT2D eigenvalue weighted by molar-refractivity contribution is 9.10. The standard InChI is InChI=1S/C13H13BrN4O/c14-9-3-1-2-8(4-9)6-17-12-5-10(13(16)19)11(15)7-18-12/h1-5,7H,6,15H2,(H2,16,19)(H,17,18). The molecule has 0 spiro atoms. The minimum absolute atomic E-state index is 0.270. The highest BCUT2D eigenvalue weighted by Crippen LogP contribution is 2.16. The molecule has 0 aliphatic carbocycles. The molecule has 0 aliphatic rings. The Hall–Kier alpha value is -2.08. The van der Waals surface area contributed by atoms with Gasteiger partial charge in [-0.1, -0.05) is 28.1 Å². The smallest absolute Gasteiger partial charge is 0.250 e. The monoisotopic (exact) mass is 320 g/mol. The molecule has 6 heteroatoms. The number of halogens is 1. The second-order valence-corrected chi connectivity index (χ2v) is 4.92. The molecular weight excluding hydrogens is 308 g/mol. The minimum Gasteiger partial charge on any atom is -0.397 e. The number of benzene rings is 1. The molecule has 5 nitrogen and oxygen atoms in total. The van der Waals surface area contributed by atoms with Gasteiger partial charge in [-0.05, 0) is 23.8 Å². The Bertz CT molecular complexity index is 615. The number of hydrogen-bond acceptors (Lipinski definition) is 4. The number of carbonyl (C=O) groups excluding carboxylic acids is 1. The van der Waals surface area contributed by atoms with Crippen LogP contribution < -0.4 is 16.8 Å². The molecule has 0 radical (unpaired) electrons. The van der Waals surface area contributed by atoms with Crippen molar-refractivity contribution < 1.29 is 4.79 Å². The van der Waals surface area contributed by atoms with E-state index >= 15 is 0 Å². The molecule has 0 aliphatic heterocycles. The number of nitrogens with two attached hydrogens (primary N) is 2. The Morgan fingerprint density at radius 2 is 2.16 bits per heavy atom. The quantitative estimate of drug-likeness (QED) is 0.804. The van der Waals surface area contributed by atoms with Gasteiger partial charge in [0, 0.05) is 11.0 Å². The lowest BCUT2D eigenvalue weighted by Gasteiger charge is -2.08. The third kappa shape index (κ3) is 3.45. The summed E-state index contributed by atoms with van der Waals surface area (Å²) in [4.78, 5) is 15.3. The third-order valence-corrected chi connectivity index (χ3v) is 3.06. The number of carbonyl (C=O) groups is 1. The van der Waals surface area contributed by atoms with E-state index in [1.54, 1.807) is 6.07 Å². The summed E-state index contributed by atoms with van der Waals surface area (Å²) < 4.78 is 1.01. The van der Waals surface area contributed by atoms with Crippen LogP contribution in [0.3, 0.4) is 0 Å². The predicted octanol–water partition coefficient (Wildman–Crippen LogP) is 2.14. The third-order valence-electron chi connectivity index (χ3n) is 2.56. The summed E-state index contributed by atoms with van der Waals surface area (Å²) in [6, 6.07) is 9.45. The van der Waals surface area contributed by atoms with Crippen LogP contribution in [0, 0.1) is 0 Å². The van der Waals surface area contributed by atoms with Crippen LogP contribution in [0.15, 0.2) is 41.0 Å². The number of primary amides is 1. The molecule has 1 aromatic heterocycles. The fourth-order valence-corrected chi connectivity index (χ4v) is 2.06. The summed E-state index contributed by atoms with van der Waals surface area (Å²) in [5.41, 5.74) is 12.5. The van der Waals surface area contributed by atoms with Gasteiger partial charge in [-0.25, -0.2) is 4.98 Å². The molecule has 2 rings (SSSR count). The van der Waals surface area contributed by atoms with Crippen LogP contribution in [-0.4, -0.2) is 10.9 Å². The van der Waals surface area contributed by atoms with Gasteiger partial charge in [0.15, 0.2) is 0 Å². The summed E-state index contributed by atoms with van der Waals surface area (Å²) in [5.74, 6) is -0.00613. The number of nitrogens with one attached hydrogen (secondary N) is 1. The summed E-state index contributed by atoms with van der Waals surface area (Å²) in [7, 11) is 0. The van der Waals surface area contributed by atoms with E-state index in [4.69, 9.17) is 11.5 Å². The van der Waals surface area contributed by atoms with Crippen LogP contribution in [0.5, 0.6) is 0 Å². The van der Waals surface area contributed by atoms with Gasteiger partial charge in [0.05, 0.1) is 17.4 Å². The topological polar surface area (TPSA) is 94.0 Å². The van der Waals surface area contributed by atoms with Gasteiger partial charge in [-0.2, -0.15) is 0 Å². The SMILES string of the molecule is NC(=O)c1cc(NCc2cccc(Br)c2)ncc1N. The van der Waals surface area contributed by atoms with Crippen molar-refractivity contribution in [3.05, 3.63) is 52.1 Å². The Balaban J connectivity index is 2.12. The van der Waals surface area contributed by atoms with Gasteiger partial charge in [0.1, 0.15) is 5.82 Å². The molecule has 0 fully saturated rings. The average molecular weight is 321 g/mol. The second-order valence-electron chi connectivity index (χ2n) is 4.00. The van der Waals surface area contributed by atoms with Crippen molar-refractivity contribution >= 4 is 33.3 Å². The number of nitrogen functional groups attached to an aromatic ring is 1. The first-order valence-electron chi connectivity index (χ1n) is 5.60. The van der Waals surface area contributed by atoms with E-state index in [1.807, 2.05) is 24.3 Å². The molecule has 2 aromatic rings. The van der Waals surface area contributed by atoms with Crippen LogP contribution in [0.4, 0.5) is 11.5 Å². The number of nitrogens with zero attached hydrogens (tertiary/aromatic N) is 1. The Labute approximate surface area is 119 Å². The average Bonchev–Trinajstić information content (AvgIpc) is 2.37. The normalized spacial score (nSPS) is 10.2. The van der Waals surface area contributed by atoms with E-state index in [2.05, 4.69) is 26.2 Å². The first-order valence-corrected chi connectivity index (χ1v) is 6.39. The van der Waals surface area contributed by atoms with Gasteiger partial charge in [-0.15, -0.1) is 0 Å². The molecule has 0 atom stereocenters. The van der Waals surface area contributed by atoms with E-state index < -0.39 is 5.91 Å². The van der Waals surface area contributed by atoms with Crippen LogP contribution >= 0.6 is 15.9 Å². The van der Waals surface area contributed by atoms with Crippen molar-refractivity contribution in [3.8, 4) is 0 Å². The molecule has 1 amide bonds. The largest absolute Gasteiger partial charge is 0.397 e. The lowest BCUT2D eigenvalue weighted by Crippen LogP contribution is -2.14. The zero-order valence-corrected chi connectivity index (χ0v) is 11.6. The first kappa shape index (κ1) is 13.4. The molecule has 0 bridgehead atoms. The summed E-state index contributed by atoms with van der Waals surface area (Å²) in [6.07, 6.45) is 1.42. The lowest BCUT2D eigenvalue weighted by molar-refractivity contribution is 0.100. The molecular formula is C13H13BrN4O. The van der Waals surface area contributed by atoms with Gasteiger partial charge in [0.2, 0.25) is 0 Å². The molecule has 0 saturated heterocycles. The molecule has 1 aromatic carbocycles. The molecule has 98 valence electrons. The fraction of sp³-hybridized carbons (Fsp3) is 0.0769. The Morgan fingerprint density at radius 1 is 1.37 bits per heavy atom. The number of anilines is 2.